The fourth-order valence-electron chi connectivity index (χ4n) is 3.78. The first-order valence-corrected chi connectivity index (χ1v) is 9.11. The molecule has 0 bridgehead atoms. The minimum Gasteiger partial charge on any atom is -0.306 e. The number of hydrogen-bond acceptors (Lipinski definition) is 1. The molecule has 0 aromatic heterocycles. The molecule has 0 radical (unpaired) electrons. The van der Waals surface area contributed by atoms with Crippen molar-refractivity contribution in [2.24, 2.45) is 11.8 Å². The van der Waals surface area contributed by atoms with Gasteiger partial charge < -0.3 is 4.90 Å². The Morgan fingerprint density at radius 3 is 2.45 bits per heavy atom. The van der Waals surface area contributed by atoms with E-state index in [9.17, 15) is 0 Å². The molecular weight excluding hydrogens is 241 g/mol. The Labute approximate surface area is 129 Å². The van der Waals surface area contributed by atoms with Gasteiger partial charge in [0.2, 0.25) is 0 Å². The summed E-state index contributed by atoms with van der Waals surface area (Å²) in [5.74, 6) is 1.90. The third-order valence-electron chi connectivity index (χ3n) is 5.10. The lowest BCUT2D eigenvalue weighted by atomic mass is 9.68. The molecule has 0 aromatic carbocycles. The second-order valence-corrected chi connectivity index (χ2v) is 8.35. The summed E-state index contributed by atoms with van der Waals surface area (Å²) in [5.41, 5.74) is 0. The van der Waals surface area contributed by atoms with Crippen LogP contribution in [0.3, 0.4) is 0 Å². The van der Waals surface area contributed by atoms with E-state index in [0.717, 1.165) is 11.8 Å². The zero-order valence-electron chi connectivity index (χ0n) is 14.9. The third-order valence-corrected chi connectivity index (χ3v) is 5.10. The van der Waals surface area contributed by atoms with E-state index in [1.807, 2.05) is 0 Å². The monoisotopic (exact) mass is 279 g/mol. The molecule has 0 spiro atoms. The molecule has 0 aromatic rings. The Hall–Kier alpha value is 0.0249. The van der Waals surface area contributed by atoms with Crippen LogP contribution < -0.4 is 0 Å². The predicted molar refractivity (Wildman–Crippen MR) is 94.3 cm³/mol. The summed E-state index contributed by atoms with van der Waals surface area (Å²) < 4.78 is 0. The first-order valence-electron chi connectivity index (χ1n) is 9.11. The van der Waals surface area contributed by atoms with Crippen LogP contribution in [0.15, 0.2) is 0 Å². The van der Waals surface area contributed by atoms with Gasteiger partial charge in [-0.2, -0.15) is 0 Å². The molecule has 0 amide bonds. The van der Waals surface area contributed by atoms with Crippen molar-refractivity contribution >= 4 is 7.85 Å². The van der Waals surface area contributed by atoms with Crippen molar-refractivity contribution in [1.82, 2.24) is 4.90 Å². The Kier molecular flexibility index (Phi) is 8.25. The molecule has 2 unspecified atom stereocenters. The first kappa shape index (κ1) is 18.1. The van der Waals surface area contributed by atoms with Crippen LogP contribution in [-0.2, 0) is 0 Å². The van der Waals surface area contributed by atoms with E-state index in [-0.39, 0.29) is 0 Å². The molecule has 1 aliphatic rings. The van der Waals surface area contributed by atoms with Gasteiger partial charge in [0, 0.05) is 6.54 Å². The molecule has 0 aliphatic carbocycles. The quantitative estimate of drug-likeness (QED) is 0.668. The van der Waals surface area contributed by atoms with E-state index < -0.39 is 0 Å². The van der Waals surface area contributed by atoms with Crippen molar-refractivity contribution in [3.8, 4) is 0 Å². The fourth-order valence-corrected chi connectivity index (χ4v) is 3.78. The maximum absolute atomic E-state index is 2.61. The summed E-state index contributed by atoms with van der Waals surface area (Å²) in [4.78, 5) is 2.61. The Morgan fingerprint density at radius 1 is 1.10 bits per heavy atom. The molecule has 2 atom stereocenters. The van der Waals surface area contributed by atoms with Gasteiger partial charge in [-0.05, 0) is 38.3 Å². The first-order chi connectivity index (χ1) is 9.42. The highest BCUT2D eigenvalue weighted by molar-refractivity contribution is 6.14. The van der Waals surface area contributed by atoms with Crippen LogP contribution in [0, 0.1) is 11.8 Å². The van der Waals surface area contributed by atoms with Gasteiger partial charge in [0.1, 0.15) is 7.85 Å². The van der Waals surface area contributed by atoms with Gasteiger partial charge >= 0.3 is 0 Å². The molecule has 1 fully saturated rings. The van der Waals surface area contributed by atoms with E-state index in [1.165, 1.54) is 70.9 Å². The van der Waals surface area contributed by atoms with E-state index in [0.29, 0.717) is 5.31 Å². The highest BCUT2D eigenvalue weighted by atomic mass is 15.1. The predicted octanol–water partition coefficient (Wildman–Crippen LogP) is 4.53. The molecule has 0 saturated carbocycles. The molecule has 20 heavy (non-hydrogen) atoms. The van der Waals surface area contributed by atoms with Gasteiger partial charge in [-0.3, -0.25) is 0 Å². The summed E-state index contributed by atoms with van der Waals surface area (Å²) in [6, 6.07) is 0. The van der Waals surface area contributed by atoms with E-state index in [4.69, 9.17) is 0 Å². The number of nitrogens with zero attached hydrogens (tertiary/aromatic N) is 1. The van der Waals surface area contributed by atoms with Gasteiger partial charge in [-0.15, -0.1) is 0 Å². The minimum atomic E-state index is 0.504. The molecule has 0 N–H and O–H groups in total. The molecule has 1 aliphatic heterocycles. The Balaban J connectivity index is 2.52. The summed E-state index contributed by atoms with van der Waals surface area (Å²) in [7, 11) is 4.72. The largest absolute Gasteiger partial charge is 0.306 e. The third kappa shape index (κ3) is 7.71. The van der Waals surface area contributed by atoms with Gasteiger partial charge in [0.25, 0.3) is 0 Å². The van der Waals surface area contributed by atoms with Crippen molar-refractivity contribution in [3.63, 3.8) is 0 Å². The van der Waals surface area contributed by atoms with Crippen molar-refractivity contribution in [1.29, 1.82) is 0 Å². The second-order valence-electron chi connectivity index (χ2n) is 8.35. The van der Waals surface area contributed by atoms with Crippen LogP contribution in [-0.4, -0.2) is 32.9 Å². The minimum absolute atomic E-state index is 0.504. The van der Waals surface area contributed by atoms with Crippen molar-refractivity contribution in [2.45, 2.75) is 83.9 Å². The van der Waals surface area contributed by atoms with Crippen LogP contribution in [0.2, 0.25) is 5.31 Å². The molecular formula is C18H38BN. The summed E-state index contributed by atoms with van der Waals surface area (Å²) in [6.07, 6.45) is 12.9. The number of hydrogen-bond donors (Lipinski definition) is 0. The lowest BCUT2D eigenvalue weighted by Crippen LogP contribution is -2.31. The van der Waals surface area contributed by atoms with Crippen LogP contribution >= 0.6 is 0 Å². The van der Waals surface area contributed by atoms with Crippen molar-refractivity contribution in [2.75, 3.05) is 20.1 Å². The SMILES string of the molecule is BC(C)(C)CCCC1CN(C)CCCCCCC1CC. The molecule has 1 saturated heterocycles. The van der Waals surface area contributed by atoms with E-state index in [2.05, 4.69) is 40.6 Å². The zero-order valence-corrected chi connectivity index (χ0v) is 14.9. The highest BCUT2D eigenvalue weighted by Crippen LogP contribution is 2.32. The van der Waals surface area contributed by atoms with Gasteiger partial charge in [-0.25, -0.2) is 0 Å². The van der Waals surface area contributed by atoms with Gasteiger partial charge in [0.15, 0.2) is 0 Å². The fraction of sp³-hybridized carbons (Fsp3) is 1.00. The molecule has 1 nitrogen and oxygen atoms in total. The van der Waals surface area contributed by atoms with Gasteiger partial charge in [-0.1, -0.05) is 71.0 Å². The lowest BCUT2D eigenvalue weighted by molar-refractivity contribution is 0.180. The van der Waals surface area contributed by atoms with Crippen LogP contribution in [0.1, 0.15) is 78.6 Å². The summed E-state index contributed by atoms with van der Waals surface area (Å²) in [5, 5.41) is 0.504. The van der Waals surface area contributed by atoms with Crippen LogP contribution in [0.5, 0.6) is 0 Å². The standard InChI is InChI=1S/C18H38BN/c1-5-16-11-8-6-7-9-14-20(4)15-17(16)12-10-13-18(2,3)19/h16-17H,5-15,19H2,1-4H3. The maximum atomic E-state index is 2.61. The van der Waals surface area contributed by atoms with Gasteiger partial charge in [0.05, 0.1) is 0 Å². The van der Waals surface area contributed by atoms with Crippen LogP contribution in [0.25, 0.3) is 0 Å². The topological polar surface area (TPSA) is 3.24 Å². The molecule has 1 heterocycles. The normalized spacial score (nSPS) is 27.4. The number of rotatable bonds is 5. The average Bonchev–Trinajstić information content (AvgIpc) is 2.35. The molecule has 2 heteroatoms. The maximum Gasteiger partial charge on any atom is 0.108 e. The zero-order chi connectivity index (χ0) is 15.0. The van der Waals surface area contributed by atoms with Crippen molar-refractivity contribution < 1.29 is 0 Å². The summed E-state index contributed by atoms with van der Waals surface area (Å²) >= 11 is 0. The smallest absolute Gasteiger partial charge is 0.108 e. The lowest BCUT2D eigenvalue weighted by Gasteiger charge is -2.32. The van der Waals surface area contributed by atoms with E-state index in [1.54, 1.807) is 0 Å². The van der Waals surface area contributed by atoms with E-state index >= 15 is 0 Å². The molecule has 1 rings (SSSR count). The molecule has 118 valence electrons. The second kappa shape index (κ2) is 9.13. The van der Waals surface area contributed by atoms with Crippen molar-refractivity contribution in [3.05, 3.63) is 0 Å². The Morgan fingerprint density at radius 2 is 1.80 bits per heavy atom. The summed E-state index contributed by atoms with van der Waals surface area (Å²) in [6.45, 7) is 9.82. The average molecular weight is 279 g/mol. The highest BCUT2D eigenvalue weighted by Gasteiger charge is 2.22. The van der Waals surface area contributed by atoms with Crippen LogP contribution in [0.4, 0.5) is 0 Å². The Bertz CT molecular complexity index is 246.